The summed E-state index contributed by atoms with van der Waals surface area (Å²) in [6.07, 6.45) is 4.13. The van der Waals surface area contributed by atoms with E-state index < -0.39 is 0 Å². The molecule has 2 unspecified atom stereocenters. The maximum Gasteiger partial charge on any atom is 0.257 e. The van der Waals surface area contributed by atoms with Gasteiger partial charge >= 0.3 is 0 Å². The molecular weight excluding hydrogens is 526 g/mol. The van der Waals surface area contributed by atoms with Crippen molar-refractivity contribution in [2.24, 2.45) is 5.92 Å². The van der Waals surface area contributed by atoms with Crippen LogP contribution >= 0.6 is 11.6 Å². The van der Waals surface area contributed by atoms with Gasteiger partial charge in [0.05, 0.1) is 16.9 Å². The van der Waals surface area contributed by atoms with Crippen molar-refractivity contribution in [3.8, 4) is 0 Å². The Morgan fingerprint density at radius 1 is 0.900 bits per heavy atom. The van der Waals surface area contributed by atoms with Crippen LogP contribution in [0.3, 0.4) is 0 Å². The predicted octanol–water partition coefficient (Wildman–Crippen LogP) is 5.33. The van der Waals surface area contributed by atoms with E-state index in [1.54, 1.807) is 48.7 Å². The van der Waals surface area contributed by atoms with Crippen molar-refractivity contribution in [1.29, 1.82) is 0 Å². The van der Waals surface area contributed by atoms with Crippen LogP contribution in [0.4, 0.5) is 17.1 Å². The fraction of sp³-hybridized carbons (Fsp3) is 0.226. The molecule has 2 atom stereocenters. The van der Waals surface area contributed by atoms with Crippen molar-refractivity contribution in [1.82, 2.24) is 9.55 Å². The monoisotopic (exact) mass is 553 g/mol. The molecule has 2 N–H and O–H groups in total. The van der Waals surface area contributed by atoms with E-state index in [9.17, 15) is 14.4 Å². The average molecular weight is 554 g/mol. The number of anilines is 3. The van der Waals surface area contributed by atoms with Crippen LogP contribution in [0.1, 0.15) is 44.3 Å². The minimum Gasteiger partial charge on any atom is -0.369 e. The van der Waals surface area contributed by atoms with Gasteiger partial charge in [-0.15, -0.1) is 0 Å². The number of hydrogen-bond donors (Lipinski definition) is 2. The van der Waals surface area contributed by atoms with Crippen LogP contribution in [0.25, 0.3) is 0 Å². The van der Waals surface area contributed by atoms with Gasteiger partial charge in [-0.1, -0.05) is 23.7 Å². The Morgan fingerprint density at radius 3 is 2.55 bits per heavy atom. The molecule has 1 saturated heterocycles. The number of aromatic nitrogens is 2. The van der Waals surface area contributed by atoms with Crippen LogP contribution in [0.5, 0.6) is 0 Å². The maximum atomic E-state index is 13.3. The van der Waals surface area contributed by atoms with Gasteiger partial charge in [-0.3, -0.25) is 19.4 Å². The minimum atomic E-state index is -0.313. The lowest BCUT2D eigenvalue weighted by Crippen LogP contribution is -2.47. The van der Waals surface area contributed by atoms with Crippen LogP contribution in [0.15, 0.2) is 83.9 Å². The van der Waals surface area contributed by atoms with Gasteiger partial charge in [0, 0.05) is 66.0 Å². The number of nitrogens with one attached hydrogen (secondary N) is 2. The lowest BCUT2D eigenvalue weighted by molar-refractivity contribution is 0.101. The number of aryl methyl sites for hydroxylation is 1. The first-order valence-corrected chi connectivity index (χ1v) is 13.6. The molecule has 6 rings (SSSR count). The lowest BCUT2D eigenvalue weighted by atomic mass is 9.83. The fourth-order valence-electron chi connectivity index (χ4n) is 5.76. The first-order chi connectivity index (χ1) is 19.4. The molecule has 8 nitrogen and oxygen atoms in total. The molecule has 2 bridgehead atoms. The number of rotatable bonds is 5. The zero-order valence-corrected chi connectivity index (χ0v) is 22.7. The Hall–Kier alpha value is -4.43. The lowest BCUT2D eigenvalue weighted by Gasteiger charge is -2.44. The van der Waals surface area contributed by atoms with E-state index >= 15 is 0 Å². The number of carbonyl (C=O) groups excluding carboxylic acids is 2. The fourth-order valence-corrected chi connectivity index (χ4v) is 5.93. The molecule has 40 heavy (non-hydrogen) atoms. The third-order valence-electron chi connectivity index (χ3n) is 7.70. The van der Waals surface area contributed by atoms with Crippen molar-refractivity contribution >= 4 is 40.5 Å². The van der Waals surface area contributed by atoms with Crippen molar-refractivity contribution in [3.63, 3.8) is 0 Å². The Morgan fingerprint density at radius 2 is 1.73 bits per heavy atom. The zero-order valence-electron chi connectivity index (χ0n) is 21.9. The Bertz CT molecular complexity index is 1670. The van der Waals surface area contributed by atoms with E-state index in [1.165, 1.54) is 6.20 Å². The Kier molecular flexibility index (Phi) is 6.86. The molecule has 2 amide bonds. The van der Waals surface area contributed by atoms with Crippen LogP contribution in [-0.4, -0.2) is 34.5 Å². The van der Waals surface area contributed by atoms with E-state index in [0.29, 0.717) is 46.5 Å². The molecule has 1 fully saturated rings. The van der Waals surface area contributed by atoms with Gasteiger partial charge in [0.2, 0.25) is 0 Å². The summed E-state index contributed by atoms with van der Waals surface area (Å²) in [5.41, 5.74) is 4.78. The second kappa shape index (κ2) is 10.6. The molecule has 2 aromatic carbocycles. The van der Waals surface area contributed by atoms with E-state index in [-0.39, 0.29) is 23.3 Å². The van der Waals surface area contributed by atoms with Gasteiger partial charge in [-0.25, -0.2) is 0 Å². The summed E-state index contributed by atoms with van der Waals surface area (Å²) in [7, 11) is 0. The SMILES string of the molecule is Cc1ccc(Cl)cc1NC(=O)c1ccc(N2CC3CC(C2)c2cccc(=O)n2C3)c(NC(=O)c2cccnc2)c1. The minimum absolute atomic E-state index is 0.0374. The number of nitrogens with zero attached hydrogens (tertiary/aromatic N) is 3. The number of piperidine rings is 1. The van der Waals surface area contributed by atoms with E-state index in [2.05, 4.69) is 20.5 Å². The first-order valence-electron chi connectivity index (χ1n) is 13.2. The summed E-state index contributed by atoms with van der Waals surface area (Å²) in [4.78, 5) is 45.2. The highest BCUT2D eigenvalue weighted by Crippen LogP contribution is 2.39. The molecule has 2 aliphatic rings. The normalized spacial score (nSPS) is 17.6. The van der Waals surface area contributed by atoms with Crippen molar-refractivity contribution in [2.75, 3.05) is 28.6 Å². The molecule has 202 valence electrons. The second-order valence-corrected chi connectivity index (χ2v) is 10.9. The predicted molar refractivity (Wildman–Crippen MR) is 157 cm³/mol. The van der Waals surface area contributed by atoms with Gasteiger partial charge in [0.1, 0.15) is 0 Å². The molecule has 0 radical (unpaired) electrons. The van der Waals surface area contributed by atoms with Gasteiger partial charge in [0.15, 0.2) is 0 Å². The highest BCUT2D eigenvalue weighted by molar-refractivity contribution is 6.31. The number of benzene rings is 2. The second-order valence-electron chi connectivity index (χ2n) is 10.4. The average Bonchev–Trinajstić information content (AvgIpc) is 2.96. The number of amides is 2. The number of fused-ring (bicyclic) bond motifs is 4. The third kappa shape index (κ3) is 5.10. The molecule has 4 aromatic rings. The summed E-state index contributed by atoms with van der Waals surface area (Å²) in [5, 5.41) is 6.48. The third-order valence-corrected chi connectivity index (χ3v) is 7.93. The Balaban J connectivity index is 1.33. The highest BCUT2D eigenvalue weighted by Gasteiger charge is 2.35. The van der Waals surface area contributed by atoms with Crippen LogP contribution in [0.2, 0.25) is 5.02 Å². The largest absolute Gasteiger partial charge is 0.369 e. The number of hydrogen-bond acceptors (Lipinski definition) is 5. The van der Waals surface area contributed by atoms with Crippen LogP contribution < -0.4 is 21.1 Å². The standard InChI is InChI=1S/C31H28ClN5O3/c1-19-7-9-24(32)14-25(19)34-30(39)21-8-10-28(26(13-21)35-31(40)22-4-3-11-33-15-22)36-16-20-12-23(18-36)27-5-2-6-29(38)37(27)17-20/h2-11,13-15,20,23H,12,16-18H2,1H3,(H,34,39)(H,35,40). The molecule has 0 spiro atoms. The molecule has 2 aromatic heterocycles. The number of pyridine rings is 2. The van der Waals surface area contributed by atoms with Crippen molar-refractivity contribution < 1.29 is 9.59 Å². The van der Waals surface area contributed by atoms with Crippen LogP contribution in [0, 0.1) is 12.8 Å². The van der Waals surface area contributed by atoms with Crippen LogP contribution in [-0.2, 0) is 6.54 Å². The molecule has 2 aliphatic heterocycles. The Labute approximate surface area is 236 Å². The van der Waals surface area contributed by atoms with Crippen molar-refractivity contribution in [3.05, 3.63) is 117 Å². The summed E-state index contributed by atoms with van der Waals surface area (Å²) in [6.45, 7) is 4.00. The molecule has 9 heteroatoms. The van der Waals surface area contributed by atoms with Crippen molar-refractivity contribution in [2.45, 2.75) is 25.8 Å². The van der Waals surface area contributed by atoms with E-state index in [0.717, 1.165) is 29.9 Å². The first kappa shape index (κ1) is 25.8. The molecule has 0 saturated carbocycles. The number of carbonyl (C=O) groups is 2. The molecule has 4 heterocycles. The summed E-state index contributed by atoms with van der Waals surface area (Å²) in [6, 6.07) is 19.6. The van der Waals surface area contributed by atoms with Gasteiger partial charge in [-0.2, -0.15) is 0 Å². The molecular formula is C31H28ClN5O3. The zero-order chi connectivity index (χ0) is 27.8. The van der Waals surface area contributed by atoms with E-state index in [1.807, 2.05) is 35.8 Å². The smallest absolute Gasteiger partial charge is 0.257 e. The van der Waals surface area contributed by atoms with Gasteiger partial charge in [-0.05, 0) is 73.4 Å². The van der Waals surface area contributed by atoms with Gasteiger partial charge < -0.3 is 20.1 Å². The number of halogens is 1. The van der Waals surface area contributed by atoms with E-state index in [4.69, 9.17) is 11.6 Å². The quantitative estimate of drug-likeness (QED) is 0.348. The maximum absolute atomic E-state index is 13.3. The highest BCUT2D eigenvalue weighted by atomic mass is 35.5. The topological polar surface area (TPSA) is 96.3 Å². The summed E-state index contributed by atoms with van der Waals surface area (Å²) < 4.78 is 1.90. The summed E-state index contributed by atoms with van der Waals surface area (Å²) >= 11 is 6.15. The molecule has 0 aliphatic carbocycles. The summed E-state index contributed by atoms with van der Waals surface area (Å²) in [5.74, 6) is -0.136. The van der Waals surface area contributed by atoms with Gasteiger partial charge in [0.25, 0.3) is 17.4 Å².